The summed E-state index contributed by atoms with van der Waals surface area (Å²) in [6, 6.07) is 8.63. The third-order valence-corrected chi connectivity index (χ3v) is 3.89. The van der Waals surface area contributed by atoms with E-state index in [-0.39, 0.29) is 0 Å². The molecule has 0 saturated carbocycles. The molecular weight excluding hydrogens is 212 g/mol. The fraction of sp³-hybridized carbons (Fsp3) is 0.571. The van der Waals surface area contributed by atoms with E-state index < -0.39 is 0 Å². The molecule has 94 valence electrons. The first-order chi connectivity index (χ1) is 8.27. The van der Waals surface area contributed by atoms with Gasteiger partial charge in [-0.15, -0.1) is 0 Å². The minimum absolute atomic E-state index is 0.324. The monoisotopic (exact) mass is 234 g/mol. The van der Waals surface area contributed by atoms with Crippen LogP contribution in [-0.2, 0) is 0 Å². The number of benzene rings is 1. The Labute approximate surface area is 103 Å². The maximum atomic E-state index is 5.75. The maximum absolute atomic E-state index is 5.75. The number of para-hydroxylation sites is 1. The van der Waals surface area contributed by atoms with Gasteiger partial charge in [-0.25, -0.2) is 0 Å². The van der Waals surface area contributed by atoms with Gasteiger partial charge in [-0.1, -0.05) is 38.5 Å². The van der Waals surface area contributed by atoms with Crippen molar-refractivity contribution in [2.45, 2.75) is 38.6 Å². The Morgan fingerprint density at radius 3 is 2.94 bits per heavy atom. The number of fused-ring (bicyclic) bond motifs is 1. The van der Waals surface area contributed by atoms with Crippen molar-refractivity contribution in [1.82, 2.24) is 5.43 Å². The van der Waals surface area contributed by atoms with Crippen LogP contribution in [0.2, 0.25) is 0 Å². The minimum atomic E-state index is 0.324. The van der Waals surface area contributed by atoms with Crippen molar-refractivity contribution in [2.75, 3.05) is 6.61 Å². The third-order valence-electron chi connectivity index (χ3n) is 3.89. The van der Waals surface area contributed by atoms with E-state index in [1.165, 1.54) is 5.56 Å². The molecule has 1 aromatic carbocycles. The number of hydrazine groups is 1. The summed E-state index contributed by atoms with van der Waals surface area (Å²) in [6.07, 6.45) is 2.17. The van der Waals surface area contributed by atoms with Gasteiger partial charge in [0.2, 0.25) is 0 Å². The summed E-state index contributed by atoms with van der Waals surface area (Å²) in [5.74, 6) is 7.79. The first-order valence-corrected chi connectivity index (χ1v) is 6.45. The van der Waals surface area contributed by atoms with Gasteiger partial charge < -0.3 is 4.74 Å². The van der Waals surface area contributed by atoms with Crippen molar-refractivity contribution in [1.29, 1.82) is 0 Å². The smallest absolute Gasteiger partial charge is 0.122 e. The number of nitrogens with two attached hydrogens (primary N) is 1. The van der Waals surface area contributed by atoms with E-state index in [1.54, 1.807) is 0 Å². The average molecular weight is 234 g/mol. The second-order valence-corrected chi connectivity index (χ2v) is 4.86. The SMILES string of the molecule is CCC(C)C(NN)C1CCOc2ccccc21. The van der Waals surface area contributed by atoms with Gasteiger partial charge in [0.1, 0.15) is 5.75 Å². The predicted molar refractivity (Wildman–Crippen MR) is 69.9 cm³/mol. The summed E-state index contributed by atoms with van der Waals surface area (Å²) in [4.78, 5) is 0. The molecule has 3 unspecified atom stereocenters. The van der Waals surface area contributed by atoms with Crippen LogP contribution in [0.1, 0.15) is 38.2 Å². The Morgan fingerprint density at radius 2 is 2.24 bits per heavy atom. The molecule has 1 aliphatic rings. The summed E-state index contributed by atoms with van der Waals surface area (Å²) < 4.78 is 5.69. The van der Waals surface area contributed by atoms with Crippen molar-refractivity contribution >= 4 is 0 Å². The summed E-state index contributed by atoms with van der Waals surface area (Å²) in [7, 11) is 0. The highest BCUT2D eigenvalue weighted by Crippen LogP contribution is 2.37. The molecule has 0 radical (unpaired) electrons. The van der Waals surface area contributed by atoms with Gasteiger partial charge in [0.15, 0.2) is 0 Å². The van der Waals surface area contributed by atoms with Gasteiger partial charge in [0.25, 0.3) is 0 Å². The molecule has 0 saturated heterocycles. The largest absolute Gasteiger partial charge is 0.493 e. The summed E-state index contributed by atoms with van der Waals surface area (Å²) in [5.41, 5.74) is 4.30. The maximum Gasteiger partial charge on any atom is 0.122 e. The lowest BCUT2D eigenvalue weighted by molar-refractivity contribution is 0.220. The van der Waals surface area contributed by atoms with E-state index in [4.69, 9.17) is 10.6 Å². The van der Waals surface area contributed by atoms with Crippen LogP contribution >= 0.6 is 0 Å². The Bertz CT molecular complexity index is 367. The Morgan fingerprint density at radius 1 is 1.47 bits per heavy atom. The van der Waals surface area contributed by atoms with Crippen LogP contribution < -0.4 is 16.0 Å². The zero-order chi connectivity index (χ0) is 12.3. The molecular formula is C14H22N2O. The number of hydrogen-bond acceptors (Lipinski definition) is 3. The van der Waals surface area contributed by atoms with Gasteiger partial charge in [-0.3, -0.25) is 11.3 Å². The molecule has 1 heterocycles. The molecule has 1 aliphatic heterocycles. The van der Waals surface area contributed by atoms with E-state index >= 15 is 0 Å². The molecule has 2 rings (SSSR count). The normalized spacial score (nSPS) is 22.4. The second kappa shape index (κ2) is 5.52. The summed E-state index contributed by atoms with van der Waals surface area (Å²) in [5, 5.41) is 0. The van der Waals surface area contributed by atoms with Crippen LogP contribution in [0.15, 0.2) is 24.3 Å². The highest BCUT2D eigenvalue weighted by atomic mass is 16.5. The molecule has 3 nitrogen and oxygen atoms in total. The first kappa shape index (κ1) is 12.4. The number of rotatable bonds is 4. The molecule has 0 spiro atoms. The Kier molecular flexibility index (Phi) is 4.02. The van der Waals surface area contributed by atoms with Gasteiger partial charge in [-0.05, 0) is 24.0 Å². The van der Waals surface area contributed by atoms with Crippen molar-refractivity contribution in [3.05, 3.63) is 29.8 Å². The van der Waals surface area contributed by atoms with Crippen LogP contribution in [0, 0.1) is 5.92 Å². The highest BCUT2D eigenvalue weighted by Gasteiger charge is 2.30. The lowest BCUT2D eigenvalue weighted by atomic mass is 9.80. The molecule has 3 atom stereocenters. The quantitative estimate of drug-likeness (QED) is 0.621. The van der Waals surface area contributed by atoms with Crippen molar-refractivity contribution in [2.24, 2.45) is 11.8 Å². The standard InChI is InChI=1S/C14H22N2O/c1-3-10(2)14(16-15)12-8-9-17-13-7-5-4-6-11(12)13/h4-7,10,12,14,16H,3,8-9,15H2,1-2H3. The zero-order valence-corrected chi connectivity index (χ0v) is 10.6. The van der Waals surface area contributed by atoms with Crippen LogP contribution in [0.5, 0.6) is 5.75 Å². The fourth-order valence-electron chi connectivity index (χ4n) is 2.67. The van der Waals surface area contributed by atoms with E-state index in [9.17, 15) is 0 Å². The van der Waals surface area contributed by atoms with Crippen LogP contribution in [0.4, 0.5) is 0 Å². The molecule has 0 amide bonds. The summed E-state index contributed by atoms with van der Waals surface area (Å²) >= 11 is 0. The third kappa shape index (κ3) is 2.45. The average Bonchev–Trinajstić information content (AvgIpc) is 2.39. The zero-order valence-electron chi connectivity index (χ0n) is 10.6. The summed E-state index contributed by atoms with van der Waals surface area (Å²) in [6.45, 7) is 5.25. The van der Waals surface area contributed by atoms with Gasteiger partial charge in [-0.2, -0.15) is 0 Å². The molecule has 0 bridgehead atoms. The van der Waals surface area contributed by atoms with E-state index in [0.717, 1.165) is 25.2 Å². The topological polar surface area (TPSA) is 47.3 Å². The lowest BCUT2D eigenvalue weighted by Crippen LogP contribution is -2.45. The van der Waals surface area contributed by atoms with Gasteiger partial charge >= 0.3 is 0 Å². The molecule has 1 aromatic rings. The van der Waals surface area contributed by atoms with E-state index in [0.29, 0.717) is 17.9 Å². The van der Waals surface area contributed by atoms with Crippen LogP contribution in [0.3, 0.4) is 0 Å². The van der Waals surface area contributed by atoms with E-state index in [2.05, 4.69) is 31.4 Å². The van der Waals surface area contributed by atoms with Crippen molar-refractivity contribution in [3.63, 3.8) is 0 Å². The van der Waals surface area contributed by atoms with Crippen LogP contribution in [-0.4, -0.2) is 12.6 Å². The molecule has 3 heteroatoms. The van der Waals surface area contributed by atoms with Gasteiger partial charge in [0.05, 0.1) is 6.61 Å². The number of nitrogens with one attached hydrogen (secondary N) is 1. The molecule has 0 aliphatic carbocycles. The minimum Gasteiger partial charge on any atom is -0.493 e. The molecule has 0 aromatic heterocycles. The van der Waals surface area contributed by atoms with E-state index in [1.807, 2.05) is 12.1 Å². The molecule has 0 fully saturated rings. The number of hydrogen-bond donors (Lipinski definition) is 2. The fourth-order valence-corrected chi connectivity index (χ4v) is 2.67. The Balaban J connectivity index is 2.27. The highest BCUT2D eigenvalue weighted by molar-refractivity contribution is 5.38. The molecule has 3 N–H and O–H groups in total. The Hall–Kier alpha value is -1.06. The molecule has 17 heavy (non-hydrogen) atoms. The van der Waals surface area contributed by atoms with Crippen molar-refractivity contribution in [3.8, 4) is 5.75 Å². The second-order valence-electron chi connectivity index (χ2n) is 4.86. The van der Waals surface area contributed by atoms with Crippen molar-refractivity contribution < 1.29 is 4.74 Å². The number of ether oxygens (including phenoxy) is 1. The van der Waals surface area contributed by atoms with Gasteiger partial charge in [0, 0.05) is 12.0 Å². The first-order valence-electron chi connectivity index (χ1n) is 6.45. The lowest BCUT2D eigenvalue weighted by Gasteiger charge is -2.35. The van der Waals surface area contributed by atoms with Crippen LogP contribution in [0.25, 0.3) is 0 Å². The predicted octanol–water partition coefficient (Wildman–Crippen LogP) is 2.43.